The fourth-order valence-electron chi connectivity index (χ4n) is 1.86. The molecule has 5 heteroatoms. The van der Waals surface area contributed by atoms with Gasteiger partial charge in [0.05, 0.1) is 19.0 Å². The van der Waals surface area contributed by atoms with Gasteiger partial charge in [0, 0.05) is 17.7 Å². The van der Waals surface area contributed by atoms with Crippen molar-refractivity contribution in [3.8, 4) is 11.5 Å². The minimum Gasteiger partial charge on any atom is -0.497 e. The highest BCUT2D eigenvalue weighted by Crippen LogP contribution is 2.36. The van der Waals surface area contributed by atoms with Gasteiger partial charge in [-0.15, -0.1) is 0 Å². The molecule has 0 aliphatic rings. The van der Waals surface area contributed by atoms with E-state index in [1.54, 1.807) is 31.4 Å². The number of hydrogen-bond donors (Lipinski definition) is 0. The van der Waals surface area contributed by atoms with Crippen LogP contribution in [0.15, 0.2) is 36.4 Å². The van der Waals surface area contributed by atoms with Crippen LogP contribution in [0.1, 0.15) is 16.0 Å². The molecule has 0 heterocycles. The lowest BCUT2D eigenvalue weighted by Crippen LogP contribution is -2.02. The summed E-state index contributed by atoms with van der Waals surface area (Å²) in [5.41, 5.74) is 0.685. The van der Waals surface area contributed by atoms with Crippen molar-refractivity contribution in [2.24, 2.45) is 0 Å². The summed E-state index contributed by atoms with van der Waals surface area (Å²) in [4.78, 5) is -0.584. The van der Waals surface area contributed by atoms with E-state index in [9.17, 15) is 8.78 Å². The normalized spacial score (nSPS) is 12.1. The van der Waals surface area contributed by atoms with Gasteiger partial charge in [0.1, 0.15) is 23.1 Å². The van der Waals surface area contributed by atoms with Gasteiger partial charge in [-0.25, -0.2) is 8.78 Å². The van der Waals surface area contributed by atoms with Crippen LogP contribution < -0.4 is 9.47 Å². The lowest BCUT2D eigenvalue weighted by atomic mass is 10.0. The van der Waals surface area contributed by atoms with E-state index in [1.807, 2.05) is 0 Å². The molecule has 20 heavy (non-hydrogen) atoms. The molecule has 2 nitrogen and oxygen atoms in total. The highest BCUT2D eigenvalue weighted by Gasteiger charge is 2.20. The lowest BCUT2D eigenvalue weighted by Gasteiger charge is -2.14. The van der Waals surface area contributed by atoms with Crippen LogP contribution in [0.3, 0.4) is 0 Å². The summed E-state index contributed by atoms with van der Waals surface area (Å²) in [6, 6.07) is 9.31. The Kier molecular flexibility index (Phi) is 4.60. The Bertz CT molecular complexity index is 576. The molecule has 0 bridgehead atoms. The third-order valence-electron chi connectivity index (χ3n) is 2.95. The van der Waals surface area contributed by atoms with Gasteiger partial charge >= 0.3 is 0 Å². The van der Waals surface area contributed by atoms with Crippen LogP contribution >= 0.6 is 15.9 Å². The molecule has 0 aliphatic carbocycles. The Morgan fingerprint density at radius 1 is 0.900 bits per heavy atom. The van der Waals surface area contributed by atoms with Crippen LogP contribution in [0, 0.1) is 11.6 Å². The second-order valence-corrected chi connectivity index (χ2v) is 5.06. The zero-order valence-corrected chi connectivity index (χ0v) is 12.6. The minimum atomic E-state index is -0.653. The maximum absolute atomic E-state index is 14.0. The molecule has 2 aromatic rings. The fourth-order valence-corrected chi connectivity index (χ4v) is 2.60. The molecule has 1 unspecified atom stereocenters. The predicted octanol–water partition coefficient (Wildman–Crippen LogP) is 4.47. The summed E-state index contributed by atoms with van der Waals surface area (Å²) < 4.78 is 37.9. The van der Waals surface area contributed by atoms with Gasteiger partial charge < -0.3 is 9.47 Å². The van der Waals surface area contributed by atoms with Crippen molar-refractivity contribution in [2.75, 3.05) is 14.2 Å². The third kappa shape index (κ3) is 2.93. The molecule has 0 aliphatic heterocycles. The van der Waals surface area contributed by atoms with E-state index in [4.69, 9.17) is 9.47 Å². The Morgan fingerprint density at radius 2 is 1.40 bits per heavy atom. The van der Waals surface area contributed by atoms with Crippen molar-refractivity contribution in [3.63, 3.8) is 0 Å². The molecule has 0 N–H and O–H groups in total. The highest BCUT2D eigenvalue weighted by atomic mass is 79.9. The number of halogens is 3. The molecule has 0 radical (unpaired) electrons. The van der Waals surface area contributed by atoms with Crippen molar-refractivity contribution in [2.45, 2.75) is 4.83 Å². The van der Waals surface area contributed by atoms with Crippen molar-refractivity contribution < 1.29 is 18.3 Å². The molecule has 0 spiro atoms. The lowest BCUT2D eigenvalue weighted by molar-refractivity contribution is 0.405. The monoisotopic (exact) mass is 342 g/mol. The first-order valence-electron chi connectivity index (χ1n) is 5.87. The topological polar surface area (TPSA) is 18.5 Å². The molecule has 0 saturated carbocycles. The van der Waals surface area contributed by atoms with Crippen molar-refractivity contribution in [3.05, 3.63) is 59.2 Å². The van der Waals surface area contributed by atoms with Crippen molar-refractivity contribution in [1.82, 2.24) is 0 Å². The molecule has 106 valence electrons. The molecule has 0 aromatic heterocycles. The first-order valence-corrected chi connectivity index (χ1v) is 6.79. The van der Waals surface area contributed by atoms with E-state index < -0.39 is 16.5 Å². The average molecular weight is 343 g/mol. The molecule has 2 rings (SSSR count). The van der Waals surface area contributed by atoms with Crippen LogP contribution in [-0.2, 0) is 0 Å². The minimum absolute atomic E-state index is 0.0454. The summed E-state index contributed by atoms with van der Waals surface area (Å²) in [6.45, 7) is 0. The quantitative estimate of drug-likeness (QED) is 0.763. The van der Waals surface area contributed by atoms with Gasteiger partial charge in [0.15, 0.2) is 0 Å². The second kappa shape index (κ2) is 6.22. The van der Waals surface area contributed by atoms with E-state index >= 15 is 0 Å². The van der Waals surface area contributed by atoms with Gasteiger partial charge in [-0.1, -0.05) is 28.1 Å². The zero-order chi connectivity index (χ0) is 14.7. The first kappa shape index (κ1) is 14.8. The van der Waals surface area contributed by atoms with Gasteiger partial charge in [0.25, 0.3) is 0 Å². The molecular weight excluding hydrogens is 330 g/mol. The summed E-state index contributed by atoms with van der Waals surface area (Å²) in [7, 11) is 2.92. The van der Waals surface area contributed by atoms with Crippen LogP contribution in [0.5, 0.6) is 11.5 Å². The largest absolute Gasteiger partial charge is 0.497 e. The summed E-state index contributed by atoms with van der Waals surface area (Å²) in [5.74, 6) is -0.471. The standard InChI is InChI=1S/C15H13BrF2O2/c1-19-10-5-3-9(4-6-10)15(16)14-12(17)7-11(20-2)8-13(14)18/h3-8,15H,1-2H3. The molecule has 2 aromatic carbocycles. The predicted molar refractivity (Wildman–Crippen MR) is 76.7 cm³/mol. The number of alkyl halides is 1. The third-order valence-corrected chi connectivity index (χ3v) is 3.94. The first-order chi connectivity index (χ1) is 9.56. The molecule has 0 amide bonds. The maximum Gasteiger partial charge on any atom is 0.134 e. The number of ether oxygens (including phenoxy) is 2. The van der Waals surface area contributed by atoms with E-state index in [2.05, 4.69) is 15.9 Å². The van der Waals surface area contributed by atoms with E-state index in [0.29, 0.717) is 5.75 Å². The van der Waals surface area contributed by atoms with Gasteiger partial charge in [-0.05, 0) is 17.7 Å². The maximum atomic E-state index is 14.0. The second-order valence-electron chi connectivity index (χ2n) is 4.14. The van der Waals surface area contributed by atoms with E-state index in [1.165, 1.54) is 7.11 Å². The summed E-state index contributed by atoms with van der Waals surface area (Å²) in [5, 5.41) is 0. The van der Waals surface area contributed by atoms with Crippen LogP contribution in [0.25, 0.3) is 0 Å². The number of rotatable bonds is 4. The summed E-state index contributed by atoms with van der Waals surface area (Å²) >= 11 is 3.33. The molecule has 0 saturated heterocycles. The van der Waals surface area contributed by atoms with E-state index in [0.717, 1.165) is 17.7 Å². The molecular formula is C15H13BrF2O2. The van der Waals surface area contributed by atoms with Crippen molar-refractivity contribution >= 4 is 15.9 Å². The van der Waals surface area contributed by atoms with E-state index in [-0.39, 0.29) is 11.3 Å². The average Bonchev–Trinajstić information content (AvgIpc) is 2.46. The Hall–Kier alpha value is -1.62. The van der Waals surface area contributed by atoms with Gasteiger partial charge in [-0.3, -0.25) is 0 Å². The van der Waals surface area contributed by atoms with Gasteiger partial charge in [-0.2, -0.15) is 0 Å². The Balaban J connectivity index is 2.39. The van der Waals surface area contributed by atoms with Crippen LogP contribution in [0.2, 0.25) is 0 Å². The molecule has 1 atom stereocenters. The summed E-state index contributed by atoms with van der Waals surface area (Å²) in [6.07, 6.45) is 0. The Morgan fingerprint density at radius 3 is 1.85 bits per heavy atom. The van der Waals surface area contributed by atoms with Crippen LogP contribution in [0.4, 0.5) is 8.78 Å². The number of hydrogen-bond acceptors (Lipinski definition) is 2. The number of benzene rings is 2. The smallest absolute Gasteiger partial charge is 0.134 e. The molecule has 0 fully saturated rings. The zero-order valence-electron chi connectivity index (χ0n) is 11.0. The Labute approximate surface area is 124 Å². The SMILES string of the molecule is COc1ccc(C(Br)c2c(F)cc(OC)cc2F)cc1. The highest BCUT2D eigenvalue weighted by molar-refractivity contribution is 9.09. The van der Waals surface area contributed by atoms with Crippen molar-refractivity contribution in [1.29, 1.82) is 0 Å². The number of methoxy groups -OCH3 is 2. The van der Waals surface area contributed by atoms with Crippen LogP contribution in [-0.4, -0.2) is 14.2 Å². The fraction of sp³-hybridized carbons (Fsp3) is 0.200. The van der Waals surface area contributed by atoms with Gasteiger partial charge in [0.2, 0.25) is 0 Å².